The number of carbonyl (C=O) groups is 2. The molecule has 1 aliphatic rings. The lowest BCUT2D eigenvalue weighted by Crippen LogP contribution is -2.65. The Morgan fingerprint density at radius 1 is 0.976 bits per heavy atom. The highest BCUT2D eigenvalue weighted by Crippen LogP contribution is 2.27. The summed E-state index contributed by atoms with van der Waals surface area (Å²) in [6.45, 7) is 11.1. The summed E-state index contributed by atoms with van der Waals surface area (Å²) in [6, 6.07) is -0.733. The first-order chi connectivity index (χ1) is 19.1. The van der Waals surface area contributed by atoms with Gasteiger partial charge in [0.15, 0.2) is 5.78 Å². The Morgan fingerprint density at radius 3 is 1.98 bits per heavy atom. The summed E-state index contributed by atoms with van der Waals surface area (Å²) in [7, 11) is -0.221. The molecule has 12 nitrogen and oxygen atoms in total. The van der Waals surface area contributed by atoms with E-state index in [-0.39, 0.29) is 22.9 Å². The van der Waals surface area contributed by atoms with Crippen LogP contribution >= 0.6 is 0 Å². The average Bonchev–Trinajstić information content (AvgIpc) is 3.67. The van der Waals surface area contributed by atoms with Gasteiger partial charge in [-0.3, -0.25) is 19.7 Å². The molecule has 0 aliphatic carbocycles. The molecule has 0 bridgehead atoms. The predicted octanol–water partition coefficient (Wildman–Crippen LogP) is -0.496. The molecule has 1 aliphatic heterocycles. The van der Waals surface area contributed by atoms with Gasteiger partial charge < -0.3 is 41.9 Å². The maximum absolute atomic E-state index is 14.2. The van der Waals surface area contributed by atoms with Crippen molar-refractivity contribution in [1.82, 2.24) is 16.0 Å². The fourth-order valence-electron chi connectivity index (χ4n) is 5.07. The normalized spacial score (nSPS) is 22.7. The van der Waals surface area contributed by atoms with Gasteiger partial charge in [0.05, 0.1) is 30.0 Å². The zero-order valence-electron chi connectivity index (χ0n) is 25.7. The van der Waals surface area contributed by atoms with Crippen LogP contribution in [-0.2, 0) is 20.3 Å². The molecule has 0 spiro atoms. The monoisotopic (exact) mass is 607 g/mol. The highest BCUT2D eigenvalue weighted by molar-refractivity contribution is 7.93. The lowest BCUT2D eigenvalue weighted by molar-refractivity contribution is -0.131. The van der Waals surface area contributed by atoms with Crippen molar-refractivity contribution in [3.05, 3.63) is 0 Å². The summed E-state index contributed by atoms with van der Waals surface area (Å²) in [6.07, 6.45) is -3.43. The van der Waals surface area contributed by atoms with Crippen molar-refractivity contribution in [1.29, 1.82) is 4.78 Å². The topological polar surface area (TPSA) is 221 Å². The van der Waals surface area contributed by atoms with Crippen molar-refractivity contribution in [2.45, 2.75) is 127 Å². The third-order valence-corrected chi connectivity index (χ3v) is 10.2. The number of nitrogens with two attached hydrogens (primary N) is 1. The maximum atomic E-state index is 14.2. The molecule has 1 saturated heterocycles. The van der Waals surface area contributed by atoms with E-state index in [0.29, 0.717) is 43.4 Å². The highest BCUT2D eigenvalue weighted by Gasteiger charge is 2.42. The van der Waals surface area contributed by atoms with Crippen LogP contribution in [0.2, 0.25) is 0 Å². The smallest absolute Gasteiger partial charge is 0.222 e. The molecule has 0 aromatic heterocycles. The number of Topliss-reactive ketones (excluding diaryl/α,β-unsaturated/α-hetero) is 1. The summed E-state index contributed by atoms with van der Waals surface area (Å²) in [5.41, 5.74) is 4.95. The van der Waals surface area contributed by atoms with Crippen LogP contribution in [0.1, 0.15) is 80.1 Å². The van der Waals surface area contributed by atoms with E-state index in [4.69, 9.17) is 15.6 Å². The van der Waals surface area contributed by atoms with E-state index in [1.807, 2.05) is 27.7 Å². The van der Waals surface area contributed by atoms with E-state index >= 15 is 0 Å². The first-order valence-corrected chi connectivity index (χ1v) is 16.5. The van der Waals surface area contributed by atoms with Crippen LogP contribution in [0.15, 0.2) is 0 Å². The summed E-state index contributed by atoms with van der Waals surface area (Å²) in [5.74, 6) is 0.105. The second-order valence-electron chi connectivity index (χ2n) is 11.8. The first kappa shape index (κ1) is 38.0. The number of carbonyl (C=O) groups excluding carboxylic acids is 2. The SMILES string of the molecule is CCC(N)(CC)NC(CC(C)C(=O)NCC(O)C(O)C(O)C(O)CO)C(=O)C(CC)(CC)NCC(C)CC1CS1=N. The molecule has 242 valence electrons. The van der Waals surface area contributed by atoms with Gasteiger partial charge in [-0.1, -0.05) is 52.2 Å². The Balaban J connectivity index is 3.01. The number of rotatable bonds is 22. The first-order valence-electron chi connectivity index (χ1n) is 15.0. The fourth-order valence-corrected chi connectivity index (χ4v) is 6.30. The number of hydrogen-bond donors (Lipinski definition) is 10. The molecule has 0 radical (unpaired) electrons. The molecule has 11 N–H and O–H groups in total. The zero-order chi connectivity index (χ0) is 31.5. The molecule has 0 aromatic carbocycles. The van der Waals surface area contributed by atoms with Gasteiger partial charge in [-0.05, 0) is 51.0 Å². The standard InChI is InChI=1S/C28H57N5O7S/c1-7-27(8-2,32-13-17(5)11-19-16-41(19)30)25(39)20(33-28(29,9-3)10-4)12-18(6)26(40)31-14-21(35)23(37)24(38)22(36)15-34/h17-24,30,32-38H,7-16,29H2,1-6H3,(H,31,40). The number of ketones is 1. The number of aliphatic hydroxyl groups is 5. The number of aliphatic hydroxyl groups excluding tert-OH is 5. The third-order valence-electron chi connectivity index (χ3n) is 8.67. The molecule has 1 rings (SSSR count). The van der Waals surface area contributed by atoms with Gasteiger partial charge in [0.2, 0.25) is 5.91 Å². The van der Waals surface area contributed by atoms with Crippen molar-refractivity contribution >= 4 is 22.4 Å². The Labute approximate surface area is 248 Å². The largest absolute Gasteiger partial charge is 0.394 e. The van der Waals surface area contributed by atoms with E-state index in [9.17, 15) is 30.0 Å². The van der Waals surface area contributed by atoms with E-state index < -0.39 is 66.6 Å². The van der Waals surface area contributed by atoms with E-state index in [1.165, 1.54) is 0 Å². The fraction of sp³-hybridized carbons (Fsp3) is 0.929. The van der Waals surface area contributed by atoms with Gasteiger partial charge in [0, 0.05) is 23.5 Å². The maximum Gasteiger partial charge on any atom is 0.222 e. The zero-order valence-corrected chi connectivity index (χ0v) is 26.5. The predicted molar refractivity (Wildman–Crippen MR) is 161 cm³/mol. The summed E-state index contributed by atoms with van der Waals surface area (Å²) < 4.78 is 7.88. The number of hydrogen-bond acceptors (Lipinski definition) is 11. The molecule has 0 aromatic rings. The van der Waals surface area contributed by atoms with Crippen LogP contribution < -0.4 is 21.7 Å². The Hall–Kier alpha value is -1.03. The Bertz CT molecular complexity index is 843. The molecule has 0 saturated carbocycles. The van der Waals surface area contributed by atoms with Crippen LogP contribution in [0.25, 0.3) is 0 Å². The van der Waals surface area contributed by atoms with Crippen LogP contribution in [-0.4, -0.2) is 110 Å². The average molecular weight is 608 g/mol. The molecule has 9 atom stereocenters. The molecule has 9 unspecified atom stereocenters. The second kappa shape index (κ2) is 17.3. The minimum atomic E-state index is -1.79. The van der Waals surface area contributed by atoms with E-state index in [2.05, 4.69) is 22.9 Å². The van der Waals surface area contributed by atoms with Gasteiger partial charge in [-0.2, -0.15) is 0 Å². The van der Waals surface area contributed by atoms with Crippen molar-refractivity contribution in [3.63, 3.8) is 0 Å². The molecular weight excluding hydrogens is 550 g/mol. The second-order valence-corrected chi connectivity index (χ2v) is 13.7. The summed E-state index contributed by atoms with van der Waals surface area (Å²) in [4.78, 5) is 27.2. The highest BCUT2D eigenvalue weighted by atomic mass is 32.2. The van der Waals surface area contributed by atoms with Crippen LogP contribution in [0.3, 0.4) is 0 Å². The molecule has 41 heavy (non-hydrogen) atoms. The van der Waals surface area contributed by atoms with Crippen molar-refractivity contribution in [2.24, 2.45) is 17.6 Å². The number of amides is 1. The van der Waals surface area contributed by atoms with E-state index in [1.54, 1.807) is 6.92 Å². The molecule has 1 amide bonds. The van der Waals surface area contributed by atoms with Crippen LogP contribution in [0, 0.1) is 16.6 Å². The van der Waals surface area contributed by atoms with Gasteiger partial charge in [-0.25, -0.2) is 0 Å². The lowest BCUT2D eigenvalue weighted by Gasteiger charge is -2.40. The van der Waals surface area contributed by atoms with Crippen LogP contribution in [0.5, 0.6) is 0 Å². The summed E-state index contributed by atoms with van der Waals surface area (Å²) in [5, 5.41) is 58.4. The molecule has 1 heterocycles. The van der Waals surface area contributed by atoms with Gasteiger partial charge in [0.1, 0.15) is 18.3 Å². The number of nitrogens with one attached hydrogen (secondary N) is 4. The van der Waals surface area contributed by atoms with Crippen molar-refractivity contribution < 1.29 is 35.1 Å². The Morgan fingerprint density at radius 2 is 1.51 bits per heavy atom. The van der Waals surface area contributed by atoms with E-state index in [0.717, 1.165) is 12.2 Å². The Kier molecular flexibility index (Phi) is 16.0. The minimum Gasteiger partial charge on any atom is -0.394 e. The minimum absolute atomic E-state index is 0.0608. The van der Waals surface area contributed by atoms with Crippen LogP contribution in [0.4, 0.5) is 0 Å². The van der Waals surface area contributed by atoms with Crippen molar-refractivity contribution in [3.8, 4) is 0 Å². The van der Waals surface area contributed by atoms with Gasteiger partial charge in [-0.15, -0.1) is 0 Å². The quantitative estimate of drug-likeness (QED) is 0.0561. The molecule has 13 heteroatoms. The summed E-state index contributed by atoms with van der Waals surface area (Å²) >= 11 is 0. The third kappa shape index (κ3) is 11.2. The van der Waals surface area contributed by atoms with Crippen molar-refractivity contribution in [2.75, 3.05) is 25.4 Å². The lowest BCUT2D eigenvalue weighted by atomic mass is 9.80. The van der Waals surface area contributed by atoms with Gasteiger partial charge in [0.25, 0.3) is 0 Å². The molecule has 1 fully saturated rings. The van der Waals surface area contributed by atoms with Gasteiger partial charge >= 0.3 is 0 Å². The molecular formula is C28H57N5O7S.